The lowest BCUT2D eigenvalue weighted by Crippen LogP contribution is -2.24. The van der Waals surface area contributed by atoms with E-state index in [1.54, 1.807) is 30.5 Å². The number of benzene rings is 1. The van der Waals surface area contributed by atoms with Crippen LogP contribution in [0.1, 0.15) is 41.3 Å². The maximum atomic E-state index is 12.3. The van der Waals surface area contributed by atoms with E-state index in [9.17, 15) is 10.1 Å². The van der Waals surface area contributed by atoms with Crippen molar-refractivity contribution in [3.05, 3.63) is 58.9 Å². The van der Waals surface area contributed by atoms with Gasteiger partial charge in [0.2, 0.25) is 0 Å². The van der Waals surface area contributed by atoms with Gasteiger partial charge in [-0.25, -0.2) is 5.43 Å². The standard InChI is InChI=1S/C21H24N4O2/c1-15-11-18(16(2)25(15)14-19-9-6-10-27-19)13-23-24-21(26)20(12-22)17-7-4-3-5-8-17/h3-5,7-8,11,13,19-20H,6,9-10,14H2,1-2H3,(H,24,26)/b23-13-/t19-,20-/m0/s1. The van der Waals surface area contributed by atoms with Crippen molar-refractivity contribution in [1.29, 1.82) is 5.26 Å². The summed E-state index contributed by atoms with van der Waals surface area (Å²) in [6, 6.07) is 13.0. The van der Waals surface area contributed by atoms with Crippen molar-refractivity contribution in [2.45, 2.75) is 45.3 Å². The molecule has 3 rings (SSSR count). The van der Waals surface area contributed by atoms with E-state index in [1.807, 2.05) is 25.1 Å². The average molecular weight is 364 g/mol. The molecule has 1 amide bonds. The van der Waals surface area contributed by atoms with Gasteiger partial charge in [0.15, 0.2) is 5.92 Å². The number of nitrogens with zero attached hydrogens (tertiary/aromatic N) is 3. The molecule has 27 heavy (non-hydrogen) atoms. The van der Waals surface area contributed by atoms with E-state index in [1.165, 1.54) is 0 Å². The van der Waals surface area contributed by atoms with E-state index in [-0.39, 0.29) is 6.10 Å². The Balaban J connectivity index is 1.65. The van der Waals surface area contributed by atoms with Crippen LogP contribution in [0.25, 0.3) is 0 Å². The summed E-state index contributed by atoms with van der Waals surface area (Å²) in [6.45, 7) is 5.76. The van der Waals surface area contributed by atoms with Gasteiger partial charge < -0.3 is 9.30 Å². The SMILES string of the molecule is Cc1cc(/C=N\NC(=O)[C@@H](C#N)c2ccccc2)c(C)n1C[C@@H]1CCCO1. The summed E-state index contributed by atoms with van der Waals surface area (Å²) in [5, 5.41) is 13.4. The van der Waals surface area contributed by atoms with Crippen LogP contribution in [-0.2, 0) is 16.1 Å². The zero-order valence-electron chi connectivity index (χ0n) is 15.7. The molecule has 6 nitrogen and oxygen atoms in total. The second-order valence-electron chi connectivity index (χ2n) is 6.78. The Kier molecular flexibility index (Phi) is 6.05. The fourth-order valence-corrected chi connectivity index (χ4v) is 3.39. The third-order valence-corrected chi connectivity index (χ3v) is 4.93. The van der Waals surface area contributed by atoms with Crippen LogP contribution in [0.15, 0.2) is 41.5 Å². The molecule has 2 heterocycles. The van der Waals surface area contributed by atoms with Crippen molar-refractivity contribution in [1.82, 2.24) is 9.99 Å². The van der Waals surface area contributed by atoms with Crippen molar-refractivity contribution < 1.29 is 9.53 Å². The molecule has 1 N–H and O–H groups in total. The van der Waals surface area contributed by atoms with E-state index >= 15 is 0 Å². The van der Waals surface area contributed by atoms with E-state index < -0.39 is 11.8 Å². The van der Waals surface area contributed by atoms with Gasteiger partial charge in [-0.15, -0.1) is 0 Å². The molecular weight excluding hydrogens is 340 g/mol. The highest BCUT2D eigenvalue weighted by atomic mass is 16.5. The van der Waals surface area contributed by atoms with Crippen LogP contribution in [0.4, 0.5) is 0 Å². The number of ether oxygens (including phenoxy) is 1. The number of rotatable bonds is 6. The smallest absolute Gasteiger partial charge is 0.261 e. The van der Waals surface area contributed by atoms with Gasteiger partial charge in [-0.1, -0.05) is 30.3 Å². The predicted molar refractivity (Wildman–Crippen MR) is 103 cm³/mol. The molecule has 0 saturated carbocycles. The molecule has 0 spiro atoms. The minimum absolute atomic E-state index is 0.265. The number of aryl methyl sites for hydroxylation is 1. The first-order chi connectivity index (χ1) is 13.1. The zero-order valence-corrected chi connectivity index (χ0v) is 15.7. The molecule has 0 radical (unpaired) electrons. The molecule has 0 bridgehead atoms. The van der Waals surface area contributed by atoms with Crippen LogP contribution in [0.5, 0.6) is 0 Å². The lowest BCUT2D eigenvalue weighted by atomic mass is 10.0. The quantitative estimate of drug-likeness (QED) is 0.632. The number of nitriles is 1. The van der Waals surface area contributed by atoms with Crippen molar-refractivity contribution in [2.24, 2.45) is 5.10 Å². The average Bonchev–Trinajstić information content (AvgIpc) is 3.27. The molecule has 0 unspecified atom stereocenters. The van der Waals surface area contributed by atoms with Crippen LogP contribution in [0.2, 0.25) is 0 Å². The summed E-state index contributed by atoms with van der Waals surface area (Å²) in [5.41, 5.74) is 6.30. The lowest BCUT2D eigenvalue weighted by Gasteiger charge is -2.14. The Bertz CT molecular complexity index is 858. The van der Waals surface area contributed by atoms with Crippen molar-refractivity contribution in [3.63, 3.8) is 0 Å². The first kappa shape index (κ1) is 18.9. The van der Waals surface area contributed by atoms with Gasteiger partial charge in [-0.3, -0.25) is 4.79 Å². The highest BCUT2D eigenvalue weighted by Crippen LogP contribution is 2.19. The topological polar surface area (TPSA) is 79.4 Å². The van der Waals surface area contributed by atoms with Crippen LogP contribution < -0.4 is 5.43 Å². The van der Waals surface area contributed by atoms with Gasteiger partial charge in [0, 0.05) is 30.1 Å². The number of amides is 1. The molecular formula is C21H24N4O2. The molecule has 1 aliphatic heterocycles. The summed E-state index contributed by atoms with van der Waals surface area (Å²) >= 11 is 0. The second-order valence-corrected chi connectivity index (χ2v) is 6.78. The van der Waals surface area contributed by atoms with Gasteiger partial charge >= 0.3 is 0 Å². The highest BCUT2D eigenvalue weighted by Gasteiger charge is 2.20. The number of hydrogen-bond donors (Lipinski definition) is 1. The summed E-state index contributed by atoms with van der Waals surface area (Å²) in [7, 11) is 0. The summed E-state index contributed by atoms with van der Waals surface area (Å²) < 4.78 is 7.95. The predicted octanol–water partition coefficient (Wildman–Crippen LogP) is 3.04. The van der Waals surface area contributed by atoms with Crippen molar-refractivity contribution in [2.75, 3.05) is 6.61 Å². The lowest BCUT2D eigenvalue weighted by molar-refractivity contribution is -0.121. The Morgan fingerprint density at radius 2 is 2.22 bits per heavy atom. The number of nitrogens with one attached hydrogen (secondary N) is 1. The maximum Gasteiger partial charge on any atom is 0.261 e. The normalized spacial score (nSPS) is 17.7. The molecule has 1 aliphatic rings. The van der Waals surface area contributed by atoms with Gasteiger partial charge in [-0.2, -0.15) is 10.4 Å². The highest BCUT2D eigenvalue weighted by molar-refractivity contribution is 5.88. The third-order valence-electron chi connectivity index (χ3n) is 4.93. The zero-order chi connectivity index (χ0) is 19.2. The fraction of sp³-hybridized carbons (Fsp3) is 0.381. The minimum Gasteiger partial charge on any atom is -0.376 e. The van der Waals surface area contributed by atoms with E-state index in [0.717, 1.165) is 42.9 Å². The van der Waals surface area contributed by atoms with Crippen LogP contribution >= 0.6 is 0 Å². The molecule has 2 atom stereocenters. The largest absolute Gasteiger partial charge is 0.376 e. The van der Waals surface area contributed by atoms with E-state index in [4.69, 9.17) is 4.74 Å². The van der Waals surface area contributed by atoms with Gasteiger partial charge in [-0.05, 0) is 38.3 Å². The summed E-state index contributed by atoms with van der Waals surface area (Å²) in [6.07, 6.45) is 4.10. The number of aromatic nitrogens is 1. The Morgan fingerprint density at radius 3 is 2.89 bits per heavy atom. The Hall–Kier alpha value is -2.91. The first-order valence-corrected chi connectivity index (χ1v) is 9.16. The molecule has 1 saturated heterocycles. The Morgan fingerprint density at radius 1 is 1.44 bits per heavy atom. The first-order valence-electron chi connectivity index (χ1n) is 9.16. The summed E-state index contributed by atoms with van der Waals surface area (Å²) in [5.74, 6) is -1.32. The van der Waals surface area contributed by atoms with Gasteiger partial charge in [0.25, 0.3) is 5.91 Å². The second kappa shape index (κ2) is 8.65. The van der Waals surface area contributed by atoms with Crippen LogP contribution in [-0.4, -0.2) is 29.4 Å². The maximum absolute atomic E-state index is 12.3. The molecule has 1 aromatic heterocycles. The monoisotopic (exact) mass is 364 g/mol. The fourth-order valence-electron chi connectivity index (χ4n) is 3.39. The third kappa shape index (κ3) is 4.44. The number of carbonyl (C=O) groups is 1. The number of hydrogen-bond acceptors (Lipinski definition) is 4. The van der Waals surface area contributed by atoms with Gasteiger partial charge in [0.05, 0.1) is 18.4 Å². The molecule has 2 aromatic rings. The number of carbonyl (C=O) groups excluding carboxylic acids is 1. The molecule has 1 aromatic carbocycles. The Labute approximate surface area is 159 Å². The van der Waals surface area contributed by atoms with E-state index in [0.29, 0.717) is 5.56 Å². The van der Waals surface area contributed by atoms with Crippen LogP contribution in [0, 0.1) is 25.2 Å². The molecule has 6 heteroatoms. The number of hydrazone groups is 1. The molecule has 140 valence electrons. The van der Waals surface area contributed by atoms with E-state index in [2.05, 4.69) is 22.0 Å². The molecule has 1 fully saturated rings. The van der Waals surface area contributed by atoms with Crippen LogP contribution in [0.3, 0.4) is 0 Å². The molecule has 0 aliphatic carbocycles. The van der Waals surface area contributed by atoms with Crippen molar-refractivity contribution in [3.8, 4) is 6.07 Å². The van der Waals surface area contributed by atoms with Gasteiger partial charge in [0.1, 0.15) is 0 Å². The summed E-state index contributed by atoms with van der Waals surface area (Å²) in [4.78, 5) is 12.3. The van der Waals surface area contributed by atoms with Crippen molar-refractivity contribution >= 4 is 12.1 Å². The minimum atomic E-state index is -0.879.